The van der Waals surface area contributed by atoms with E-state index in [2.05, 4.69) is 60.3 Å². The fourth-order valence-corrected chi connectivity index (χ4v) is 8.74. The molecule has 1 unspecified atom stereocenters. The van der Waals surface area contributed by atoms with Gasteiger partial charge in [-0.15, -0.1) is 11.8 Å². The van der Waals surface area contributed by atoms with Crippen LogP contribution < -0.4 is 9.80 Å². The second-order valence-electron chi connectivity index (χ2n) is 16.9. The monoisotopic (exact) mass is 804 g/mol. The van der Waals surface area contributed by atoms with Gasteiger partial charge in [-0.05, 0) is 56.2 Å². The van der Waals surface area contributed by atoms with Crippen LogP contribution in [-0.2, 0) is 10.8 Å². The third kappa shape index (κ3) is 8.41. The Kier molecular flexibility index (Phi) is 11.4. The van der Waals surface area contributed by atoms with E-state index in [0.717, 1.165) is 66.4 Å². The van der Waals surface area contributed by atoms with E-state index in [-0.39, 0.29) is 11.6 Å². The molecule has 0 radical (unpaired) electrons. The number of ketones is 2. The molecular formula is C44H52N8O3S2. The van der Waals surface area contributed by atoms with E-state index in [0.29, 0.717) is 39.1 Å². The summed E-state index contributed by atoms with van der Waals surface area (Å²) in [6.45, 7) is 15.6. The van der Waals surface area contributed by atoms with Crippen molar-refractivity contribution >= 4 is 67.8 Å². The van der Waals surface area contributed by atoms with Gasteiger partial charge in [0.2, 0.25) is 0 Å². The lowest BCUT2D eigenvalue weighted by molar-refractivity contribution is 0.0854. The Hall–Kier alpha value is -4.88. The molecule has 2 aromatic carbocycles. The lowest BCUT2D eigenvalue weighted by Crippen LogP contribution is -2.20. The molecule has 2 fully saturated rings. The Labute approximate surface area is 341 Å². The number of anilines is 2. The van der Waals surface area contributed by atoms with Crippen LogP contribution in [0.15, 0.2) is 71.0 Å². The molecule has 0 bridgehead atoms. The predicted molar refractivity (Wildman–Crippen MR) is 233 cm³/mol. The molecule has 8 rings (SSSR count). The second-order valence-corrected chi connectivity index (χ2v) is 19.1. The fraction of sp³-hybridized carbons (Fsp3) is 0.409. The number of carbonyl (C=O) groups is 2. The lowest BCUT2D eigenvalue weighted by atomic mass is 9.87. The van der Waals surface area contributed by atoms with Gasteiger partial charge in [0.1, 0.15) is 11.0 Å². The van der Waals surface area contributed by atoms with Gasteiger partial charge < -0.3 is 19.8 Å². The number of nitrogens with zero attached hydrogens (tertiary/aromatic N) is 6. The van der Waals surface area contributed by atoms with Gasteiger partial charge in [-0.3, -0.25) is 13.8 Å². The molecular weight excluding hydrogens is 753 g/mol. The van der Waals surface area contributed by atoms with Crippen LogP contribution in [0.2, 0.25) is 0 Å². The zero-order valence-corrected chi connectivity index (χ0v) is 35.8. The first-order valence-corrected chi connectivity index (χ1v) is 22.4. The highest BCUT2D eigenvalue weighted by Gasteiger charge is 2.28. The molecule has 6 aromatic rings. The summed E-state index contributed by atoms with van der Waals surface area (Å²) < 4.78 is 12.2. The number of aromatic amines is 2. The quantitative estimate of drug-likeness (QED) is 0.113. The molecule has 2 aliphatic heterocycles. The van der Waals surface area contributed by atoms with E-state index < -0.39 is 21.6 Å². The highest BCUT2D eigenvalue weighted by molar-refractivity contribution is 7.98. The maximum atomic E-state index is 12.8. The summed E-state index contributed by atoms with van der Waals surface area (Å²) in [6.07, 6.45) is 15.5. The Bertz CT molecular complexity index is 2480. The topological polar surface area (TPSA) is 141 Å². The summed E-state index contributed by atoms with van der Waals surface area (Å²) in [5.74, 6) is 0.102. The normalized spacial score (nSPS) is 15.3. The highest BCUT2D eigenvalue weighted by Crippen LogP contribution is 2.36. The Balaban J connectivity index is 0.000000174. The SMILES string of the molecule is CS(=O)c1ccc(-c2cnc3[nH]cc(C(=O)C(C)(C)C)c3n2)cc1N1CCCC1.CSc1ccc(-c2cnc3[nH]cc(C(=O)C(C)(C)C)c3n2)cc1N1CCCC1. The molecule has 2 aliphatic rings. The number of hydrogen-bond acceptors (Lipinski definition) is 10. The van der Waals surface area contributed by atoms with Crippen molar-refractivity contribution in [3.63, 3.8) is 0 Å². The van der Waals surface area contributed by atoms with Gasteiger partial charge in [0.05, 0.1) is 62.0 Å². The highest BCUT2D eigenvalue weighted by atomic mass is 32.2. The van der Waals surface area contributed by atoms with Crippen molar-refractivity contribution in [1.82, 2.24) is 29.9 Å². The molecule has 0 spiro atoms. The van der Waals surface area contributed by atoms with Crippen LogP contribution in [0, 0.1) is 10.8 Å². The number of benzene rings is 2. The third-order valence-corrected chi connectivity index (χ3v) is 12.3. The van der Waals surface area contributed by atoms with Crippen molar-refractivity contribution in [1.29, 1.82) is 0 Å². The van der Waals surface area contributed by atoms with E-state index in [1.54, 1.807) is 42.8 Å². The van der Waals surface area contributed by atoms with Gasteiger partial charge in [0.15, 0.2) is 22.9 Å². The van der Waals surface area contributed by atoms with Crippen molar-refractivity contribution in [3.05, 3.63) is 72.3 Å². The summed E-state index contributed by atoms with van der Waals surface area (Å²) >= 11 is 1.77. The molecule has 2 N–H and O–H groups in total. The first kappa shape index (κ1) is 40.3. The van der Waals surface area contributed by atoms with Crippen molar-refractivity contribution < 1.29 is 13.8 Å². The number of H-pyrrole nitrogens is 2. The van der Waals surface area contributed by atoms with Gasteiger partial charge in [0, 0.05) is 71.7 Å². The Morgan fingerprint density at radius 1 is 0.684 bits per heavy atom. The maximum Gasteiger partial charge on any atom is 0.171 e. The number of nitrogens with one attached hydrogen (secondary N) is 2. The second kappa shape index (κ2) is 16.2. The number of rotatable bonds is 8. The first-order valence-electron chi connectivity index (χ1n) is 19.6. The molecule has 6 heterocycles. The van der Waals surface area contributed by atoms with Gasteiger partial charge >= 0.3 is 0 Å². The van der Waals surface area contributed by atoms with Crippen LogP contribution in [0.25, 0.3) is 44.8 Å². The molecule has 298 valence electrons. The minimum atomic E-state index is -1.06. The maximum absolute atomic E-state index is 12.8. The predicted octanol–water partition coefficient (Wildman–Crippen LogP) is 9.37. The van der Waals surface area contributed by atoms with Gasteiger partial charge in [-0.1, -0.05) is 53.7 Å². The van der Waals surface area contributed by atoms with E-state index in [4.69, 9.17) is 9.97 Å². The lowest BCUT2D eigenvalue weighted by Gasteiger charge is -2.21. The van der Waals surface area contributed by atoms with Crippen LogP contribution >= 0.6 is 11.8 Å². The van der Waals surface area contributed by atoms with Crippen LogP contribution in [0.5, 0.6) is 0 Å². The molecule has 57 heavy (non-hydrogen) atoms. The van der Waals surface area contributed by atoms with Crippen LogP contribution in [0.1, 0.15) is 87.9 Å². The van der Waals surface area contributed by atoms with E-state index in [1.807, 2.05) is 53.7 Å². The first-order chi connectivity index (χ1) is 27.1. The smallest absolute Gasteiger partial charge is 0.171 e. The number of thioether (sulfide) groups is 1. The summed E-state index contributed by atoms with van der Waals surface area (Å²) in [5, 5.41) is 0. The summed E-state index contributed by atoms with van der Waals surface area (Å²) in [6, 6.07) is 12.4. The zero-order valence-electron chi connectivity index (χ0n) is 34.2. The number of fused-ring (bicyclic) bond motifs is 2. The van der Waals surface area contributed by atoms with Crippen molar-refractivity contribution in [3.8, 4) is 22.5 Å². The van der Waals surface area contributed by atoms with E-state index in [1.165, 1.54) is 23.4 Å². The van der Waals surface area contributed by atoms with Gasteiger partial charge in [-0.25, -0.2) is 19.9 Å². The Morgan fingerprint density at radius 2 is 1.12 bits per heavy atom. The van der Waals surface area contributed by atoms with Crippen LogP contribution in [0.4, 0.5) is 11.4 Å². The summed E-state index contributed by atoms with van der Waals surface area (Å²) in [5.41, 5.74) is 8.41. The van der Waals surface area contributed by atoms with Gasteiger partial charge in [0.25, 0.3) is 0 Å². The van der Waals surface area contributed by atoms with Gasteiger partial charge in [-0.2, -0.15) is 0 Å². The summed E-state index contributed by atoms with van der Waals surface area (Å²) in [4.78, 5) is 57.2. The number of hydrogen-bond donors (Lipinski definition) is 2. The average molecular weight is 805 g/mol. The molecule has 4 aromatic heterocycles. The van der Waals surface area contributed by atoms with E-state index in [9.17, 15) is 13.8 Å². The fourth-order valence-electron chi connectivity index (χ4n) is 7.39. The molecule has 1 atom stereocenters. The molecule has 0 aliphatic carbocycles. The number of Topliss-reactive ketones (excluding diaryl/α,β-unsaturated/α-hetero) is 2. The number of aromatic nitrogens is 6. The van der Waals surface area contributed by atoms with Crippen LogP contribution in [0.3, 0.4) is 0 Å². The summed E-state index contributed by atoms with van der Waals surface area (Å²) in [7, 11) is -1.06. The molecule has 13 heteroatoms. The molecule has 11 nitrogen and oxygen atoms in total. The van der Waals surface area contributed by atoms with E-state index >= 15 is 0 Å². The minimum absolute atomic E-state index is 0.0321. The molecule has 2 saturated heterocycles. The molecule has 0 saturated carbocycles. The van der Waals surface area contributed by atoms with Crippen molar-refractivity contribution in [2.45, 2.75) is 77.0 Å². The van der Waals surface area contributed by atoms with Crippen molar-refractivity contribution in [2.75, 3.05) is 48.5 Å². The average Bonchev–Trinajstić information content (AvgIpc) is 4.03. The molecule has 0 amide bonds. The standard InChI is InChI=1S/C22H26N4O2S.C22H26N4OS/c1-22(2,3)20(27)15-12-23-21-19(15)25-16(13-24-21)14-7-8-18(29(4)28)17(11-14)26-9-5-6-10-26;1-22(2,3)20(27)15-12-23-21-19(15)25-16(13-24-21)14-7-8-18(28-4)17(11-14)26-9-5-6-10-26/h7-8,11-13H,5-6,9-10H2,1-4H3,(H,23,24);7-8,11-13H,5-6,9-10H2,1-4H3,(H,23,24). The minimum Gasteiger partial charge on any atom is -0.371 e. The Morgan fingerprint density at radius 3 is 1.56 bits per heavy atom. The van der Waals surface area contributed by atoms with Crippen LogP contribution in [-0.4, -0.2) is 84.4 Å². The third-order valence-electron chi connectivity index (χ3n) is 10.5. The number of carbonyl (C=O) groups excluding carboxylic acids is 2. The largest absolute Gasteiger partial charge is 0.371 e. The van der Waals surface area contributed by atoms with Crippen molar-refractivity contribution in [2.24, 2.45) is 10.8 Å². The zero-order chi connectivity index (χ0) is 40.6.